The van der Waals surface area contributed by atoms with E-state index in [9.17, 15) is 0 Å². The molecule has 0 N–H and O–H groups in total. The molecule has 1 aromatic heterocycles. The van der Waals surface area contributed by atoms with Crippen LogP contribution in [0.5, 0.6) is 0 Å². The number of aromatic nitrogens is 1. The summed E-state index contributed by atoms with van der Waals surface area (Å²) in [6, 6.07) is 6.21. The summed E-state index contributed by atoms with van der Waals surface area (Å²) in [5.74, 6) is 0. The van der Waals surface area contributed by atoms with Gasteiger partial charge in [-0.3, -0.25) is 4.98 Å². The summed E-state index contributed by atoms with van der Waals surface area (Å²) in [6.07, 6.45) is 5.80. The molecule has 0 saturated heterocycles. The molecule has 0 bridgehead atoms. The molecule has 1 saturated carbocycles. The van der Waals surface area contributed by atoms with Crippen molar-refractivity contribution in [3.8, 4) is 0 Å². The quantitative estimate of drug-likeness (QED) is 0.673. The first kappa shape index (κ1) is 10.2. The van der Waals surface area contributed by atoms with Crippen LogP contribution in [0.1, 0.15) is 45.7 Å². The Balaban J connectivity index is 0.000000396. The average molecular weight is 177 g/mol. The Labute approximate surface area is 81.2 Å². The number of hydrogen-bond donors (Lipinski definition) is 0. The van der Waals surface area contributed by atoms with Crippen molar-refractivity contribution in [3.05, 3.63) is 30.1 Å². The molecule has 1 heterocycles. The highest BCUT2D eigenvalue weighted by atomic mass is 14.7. The van der Waals surface area contributed by atoms with E-state index in [-0.39, 0.29) is 0 Å². The molecule has 0 radical (unpaired) electrons. The Morgan fingerprint density at radius 3 is 2.38 bits per heavy atom. The van der Waals surface area contributed by atoms with Gasteiger partial charge in [0.05, 0.1) is 0 Å². The Hall–Kier alpha value is -0.850. The Bertz CT molecular complexity index is 237. The molecular formula is C12H19N. The van der Waals surface area contributed by atoms with E-state index in [0.717, 1.165) is 0 Å². The van der Waals surface area contributed by atoms with Crippen molar-refractivity contribution in [2.75, 3.05) is 0 Å². The second kappa shape index (κ2) is 4.40. The minimum atomic E-state index is 0.473. The van der Waals surface area contributed by atoms with Crippen LogP contribution in [0.25, 0.3) is 0 Å². The highest BCUT2D eigenvalue weighted by molar-refractivity contribution is 5.23. The van der Waals surface area contributed by atoms with E-state index >= 15 is 0 Å². The van der Waals surface area contributed by atoms with E-state index in [1.54, 1.807) is 0 Å². The molecule has 2 rings (SSSR count). The zero-order chi connectivity index (χ0) is 9.73. The summed E-state index contributed by atoms with van der Waals surface area (Å²) in [5.41, 5.74) is 1.77. The van der Waals surface area contributed by atoms with E-state index in [4.69, 9.17) is 0 Å². The van der Waals surface area contributed by atoms with Crippen LogP contribution < -0.4 is 0 Å². The van der Waals surface area contributed by atoms with Crippen LogP contribution in [0.2, 0.25) is 0 Å². The molecule has 1 nitrogen and oxygen atoms in total. The molecule has 1 aliphatic rings. The second-order valence-electron chi connectivity index (χ2n) is 3.35. The molecule has 13 heavy (non-hydrogen) atoms. The van der Waals surface area contributed by atoms with Crippen LogP contribution in [0, 0.1) is 0 Å². The fourth-order valence-electron chi connectivity index (χ4n) is 1.62. The van der Waals surface area contributed by atoms with Crippen LogP contribution in [0.4, 0.5) is 0 Å². The zero-order valence-corrected chi connectivity index (χ0v) is 8.88. The van der Waals surface area contributed by atoms with Crippen molar-refractivity contribution in [2.45, 2.75) is 45.4 Å². The predicted molar refractivity (Wildman–Crippen MR) is 56.8 cm³/mol. The molecule has 1 aromatic rings. The van der Waals surface area contributed by atoms with Gasteiger partial charge in [0.15, 0.2) is 0 Å². The lowest BCUT2D eigenvalue weighted by molar-refractivity contribution is 0.641. The molecule has 1 aliphatic carbocycles. The van der Waals surface area contributed by atoms with Gasteiger partial charge in [-0.1, -0.05) is 26.8 Å². The maximum Gasteiger partial charge on any atom is 0.0465 e. The molecule has 0 spiro atoms. The van der Waals surface area contributed by atoms with Gasteiger partial charge in [0.1, 0.15) is 0 Å². The number of hydrogen-bond acceptors (Lipinski definition) is 1. The van der Waals surface area contributed by atoms with Gasteiger partial charge in [0, 0.05) is 17.3 Å². The molecule has 0 aliphatic heterocycles. The summed E-state index contributed by atoms with van der Waals surface area (Å²) in [6.45, 7) is 6.25. The molecule has 72 valence electrons. The van der Waals surface area contributed by atoms with Crippen molar-refractivity contribution in [1.82, 2.24) is 4.98 Å². The third-order valence-electron chi connectivity index (χ3n) is 2.74. The molecule has 0 aromatic carbocycles. The summed E-state index contributed by atoms with van der Waals surface area (Å²) in [5, 5.41) is 0. The van der Waals surface area contributed by atoms with Gasteiger partial charge >= 0.3 is 0 Å². The highest BCUT2D eigenvalue weighted by Gasteiger charge is 2.43. The van der Waals surface area contributed by atoms with Gasteiger partial charge in [-0.2, -0.15) is 0 Å². The molecular weight excluding hydrogens is 158 g/mol. The average Bonchev–Trinajstić information content (AvgIpc) is 3.03. The summed E-state index contributed by atoms with van der Waals surface area (Å²) < 4.78 is 0. The predicted octanol–water partition coefficient (Wildman–Crippen LogP) is 3.55. The first-order chi connectivity index (χ1) is 6.37. The minimum absolute atomic E-state index is 0.473. The van der Waals surface area contributed by atoms with E-state index in [1.165, 1.54) is 25.0 Å². The SMILES string of the molecule is CC.CCC1(c2ccccn2)CC1. The molecule has 1 fully saturated rings. The van der Waals surface area contributed by atoms with Crippen LogP contribution in [-0.2, 0) is 5.41 Å². The standard InChI is InChI=1S/C10H13N.C2H6/c1-2-10(6-7-10)9-5-3-4-8-11-9;1-2/h3-5,8H,2,6-7H2,1H3;1-2H3. The van der Waals surface area contributed by atoms with Crippen molar-refractivity contribution >= 4 is 0 Å². The van der Waals surface area contributed by atoms with Crippen LogP contribution in [-0.4, -0.2) is 4.98 Å². The fourth-order valence-corrected chi connectivity index (χ4v) is 1.62. The van der Waals surface area contributed by atoms with Crippen molar-refractivity contribution < 1.29 is 0 Å². The van der Waals surface area contributed by atoms with Gasteiger partial charge in [-0.15, -0.1) is 0 Å². The maximum atomic E-state index is 4.38. The number of pyridine rings is 1. The lowest BCUT2D eigenvalue weighted by Crippen LogP contribution is -2.05. The lowest BCUT2D eigenvalue weighted by Gasteiger charge is -2.09. The summed E-state index contributed by atoms with van der Waals surface area (Å²) in [4.78, 5) is 4.38. The van der Waals surface area contributed by atoms with Gasteiger partial charge in [-0.25, -0.2) is 0 Å². The van der Waals surface area contributed by atoms with Crippen LogP contribution >= 0.6 is 0 Å². The monoisotopic (exact) mass is 177 g/mol. The first-order valence-corrected chi connectivity index (χ1v) is 5.29. The van der Waals surface area contributed by atoms with Gasteiger partial charge < -0.3 is 0 Å². The normalized spacial score (nSPS) is 17.2. The van der Waals surface area contributed by atoms with Crippen molar-refractivity contribution in [1.29, 1.82) is 0 Å². The van der Waals surface area contributed by atoms with Crippen molar-refractivity contribution in [3.63, 3.8) is 0 Å². The fraction of sp³-hybridized carbons (Fsp3) is 0.583. The largest absolute Gasteiger partial charge is 0.261 e. The smallest absolute Gasteiger partial charge is 0.0465 e. The molecule has 0 atom stereocenters. The highest BCUT2D eigenvalue weighted by Crippen LogP contribution is 2.49. The third-order valence-corrected chi connectivity index (χ3v) is 2.74. The summed E-state index contributed by atoms with van der Waals surface area (Å²) >= 11 is 0. The Kier molecular flexibility index (Phi) is 3.47. The van der Waals surface area contributed by atoms with Crippen LogP contribution in [0.3, 0.4) is 0 Å². The molecule has 0 unspecified atom stereocenters. The first-order valence-electron chi connectivity index (χ1n) is 5.29. The second-order valence-corrected chi connectivity index (χ2v) is 3.35. The van der Waals surface area contributed by atoms with E-state index in [0.29, 0.717) is 5.41 Å². The lowest BCUT2D eigenvalue weighted by atomic mass is 9.99. The Morgan fingerprint density at radius 1 is 1.31 bits per heavy atom. The molecule has 0 amide bonds. The summed E-state index contributed by atoms with van der Waals surface area (Å²) in [7, 11) is 0. The van der Waals surface area contributed by atoms with Crippen LogP contribution in [0.15, 0.2) is 24.4 Å². The molecule has 1 heteroatoms. The number of nitrogens with zero attached hydrogens (tertiary/aromatic N) is 1. The van der Waals surface area contributed by atoms with E-state index in [1.807, 2.05) is 26.1 Å². The maximum absolute atomic E-state index is 4.38. The zero-order valence-electron chi connectivity index (χ0n) is 8.88. The minimum Gasteiger partial charge on any atom is -0.261 e. The van der Waals surface area contributed by atoms with E-state index in [2.05, 4.69) is 24.0 Å². The third kappa shape index (κ3) is 2.09. The van der Waals surface area contributed by atoms with E-state index < -0.39 is 0 Å². The van der Waals surface area contributed by atoms with Crippen molar-refractivity contribution in [2.24, 2.45) is 0 Å². The van der Waals surface area contributed by atoms with Gasteiger partial charge in [-0.05, 0) is 31.4 Å². The topological polar surface area (TPSA) is 12.9 Å². The Morgan fingerprint density at radius 2 is 2.00 bits per heavy atom. The van der Waals surface area contributed by atoms with Gasteiger partial charge in [0.25, 0.3) is 0 Å². The van der Waals surface area contributed by atoms with Gasteiger partial charge in [0.2, 0.25) is 0 Å². The number of rotatable bonds is 2.